The molecule has 1 amide bonds. The molecule has 1 fully saturated rings. The first-order valence-electron chi connectivity index (χ1n) is 6.07. The van der Waals surface area contributed by atoms with Gasteiger partial charge < -0.3 is 10.0 Å². The number of rotatable bonds is 3. The molecule has 0 atom stereocenters. The van der Waals surface area contributed by atoms with E-state index >= 15 is 0 Å². The van der Waals surface area contributed by atoms with Crippen LogP contribution in [0.5, 0.6) is 0 Å². The summed E-state index contributed by atoms with van der Waals surface area (Å²) in [6, 6.07) is 1.85. The van der Waals surface area contributed by atoms with Crippen LogP contribution in [-0.4, -0.2) is 44.8 Å². The predicted octanol–water partition coefficient (Wildman–Crippen LogP) is 0.515. The molecule has 1 aromatic heterocycles. The van der Waals surface area contributed by atoms with E-state index in [-0.39, 0.29) is 18.4 Å². The molecule has 0 spiro atoms. The predicted molar refractivity (Wildman–Crippen MR) is 63.9 cm³/mol. The van der Waals surface area contributed by atoms with Crippen molar-refractivity contribution in [3.8, 4) is 0 Å². The molecular weight excluding hydrogens is 234 g/mol. The topological polar surface area (TPSA) is 75.4 Å². The molecule has 0 aliphatic carbocycles. The van der Waals surface area contributed by atoms with Crippen LogP contribution in [0.15, 0.2) is 12.3 Å². The molecule has 0 unspecified atom stereocenters. The number of carbonyl (C=O) groups is 2. The highest BCUT2D eigenvalue weighted by molar-refractivity contribution is 5.76. The van der Waals surface area contributed by atoms with Gasteiger partial charge in [-0.25, -0.2) is 0 Å². The summed E-state index contributed by atoms with van der Waals surface area (Å²) in [5, 5.41) is 13.0. The van der Waals surface area contributed by atoms with Gasteiger partial charge in [0, 0.05) is 19.3 Å². The number of likely N-dealkylation sites (tertiary alicyclic amines) is 1. The van der Waals surface area contributed by atoms with Gasteiger partial charge in [-0.1, -0.05) is 0 Å². The highest BCUT2D eigenvalue weighted by Crippen LogP contribution is 2.17. The van der Waals surface area contributed by atoms with Gasteiger partial charge in [0.2, 0.25) is 5.91 Å². The molecule has 1 aromatic rings. The molecule has 1 N–H and O–H groups in total. The van der Waals surface area contributed by atoms with Gasteiger partial charge in [-0.2, -0.15) is 5.10 Å². The molecule has 1 saturated heterocycles. The number of carboxylic acid groups (broad SMARTS) is 1. The number of aryl methyl sites for hydroxylation is 1. The van der Waals surface area contributed by atoms with E-state index < -0.39 is 5.97 Å². The molecule has 98 valence electrons. The standard InChI is InChI=1S/C12H17N3O3/c1-9-2-7-15(13-9)8-11(16)14-5-3-10(4-6-14)12(17)18/h2,7,10H,3-6,8H2,1H3,(H,17,18). The van der Waals surface area contributed by atoms with E-state index in [2.05, 4.69) is 5.10 Å². The van der Waals surface area contributed by atoms with Crippen molar-refractivity contribution < 1.29 is 14.7 Å². The van der Waals surface area contributed by atoms with Crippen molar-refractivity contribution >= 4 is 11.9 Å². The van der Waals surface area contributed by atoms with Gasteiger partial charge in [0.05, 0.1) is 11.6 Å². The quantitative estimate of drug-likeness (QED) is 0.849. The number of amides is 1. The Labute approximate surface area is 105 Å². The SMILES string of the molecule is Cc1ccn(CC(=O)N2CCC(C(=O)O)CC2)n1. The molecule has 1 aliphatic heterocycles. The molecule has 6 heteroatoms. The van der Waals surface area contributed by atoms with E-state index in [1.807, 2.05) is 13.0 Å². The lowest BCUT2D eigenvalue weighted by Gasteiger charge is -2.30. The second-order valence-electron chi connectivity index (χ2n) is 4.65. The summed E-state index contributed by atoms with van der Waals surface area (Å²) in [5.74, 6) is -1.06. The van der Waals surface area contributed by atoms with Crippen LogP contribution < -0.4 is 0 Å². The second-order valence-corrected chi connectivity index (χ2v) is 4.65. The van der Waals surface area contributed by atoms with E-state index in [4.69, 9.17) is 5.11 Å². The van der Waals surface area contributed by atoms with Crippen molar-refractivity contribution in [2.45, 2.75) is 26.3 Å². The maximum Gasteiger partial charge on any atom is 0.306 e. The summed E-state index contributed by atoms with van der Waals surface area (Å²) < 4.78 is 1.61. The molecule has 1 aliphatic rings. The number of hydrogen-bond donors (Lipinski definition) is 1. The van der Waals surface area contributed by atoms with Gasteiger partial charge in [0.15, 0.2) is 0 Å². The Kier molecular flexibility index (Phi) is 3.64. The summed E-state index contributed by atoms with van der Waals surface area (Å²) in [5.41, 5.74) is 0.882. The fraction of sp³-hybridized carbons (Fsp3) is 0.583. The van der Waals surface area contributed by atoms with Crippen LogP contribution >= 0.6 is 0 Å². The molecule has 2 heterocycles. The monoisotopic (exact) mass is 251 g/mol. The number of carboxylic acids is 1. The third-order valence-corrected chi connectivity index (χ3v) is 3.27. The van der Waals surface area contributed by atoms with Crippen LogP contribution in [0.25, 0.3) is 0 Å². The first kappa shape index (κ1) is 12.6. The summed E-state index contributed by atoms with van der Waals surface area (Å²) >= 11 is 0. The molecule has 18 heavy (non-hydrogen) atoms. The summed E-state index contributed by atoms with van der Waals surface area (Å²) in [6.45, 7) is 3.15. The molecule has 0 radical (unpaired) electrons. The lowest BCUT2D eigenvalue weighted by Crippen LogP contribution is -2.41. The fourth-order valence-electron chi connectivity index (χ4n) is 2.17. The van der Waals surface area contributed by atoms with Crippen molar-refractivity contribution in [3.63, 3.8) is 0 Å². The average Bonchev–Trinajstić information content (AvgIpc) is 2.75. The van der Waals surface area contributed by atoms with E-state index in [0.717, 1.165) is 5.69 Å². The van der Waals surface area contributed by atoms with Crippen LogP contribution in [0, 0.1) is 12.8 Å². The Hall–Kier alpha value is -1.85. The van der Waals surface area contributed by atoms with Gasteiger partial charge >= 0.3 is 5.97 Å². The third kappa shape index (κ3) is 2.88. The number of nitrogens with zero attached hydrogens (tertiary/aromatic N) is 3. The lowest BCUT2D eigenvalue weighted by molar-refractivity contribution is -0.145. The lowest BCUT2D eigenvalue weighted by atomic mass is 9.97. The van der Waals surface area contributed by atoms with E-state index in [0.29, 0.717) is 25.9 Å². The Morgan fingerprint density at radius 3 is 2.61 bits per heavy atom. The highest BCUT2D eigenvalue weighted by Gasteiger charge is 2.26. The van der Waals surface area contributed by atoms with Crippen LogP contribution in [0.3, 0.4) is 0 Å². The second kappa shape index (κ2) is 5.20. The maximum absolute atomic E-state index is 12.0. The minimum absolute atomic E-state index is 0.00180. The highest BCUT2D eigenvalue weighted by atomic mass is 16.4. The maximum atomic E-state index is 12.0. The minimum Gasteiger partial charge on any atom is -0.481 e. The number of hydrogen-bond acceptors (Lipinski definition) is 3. The molecule has 2 rings (SSSR count). The van der Waals surface area contributed by atoms with Crippen molar-refractivity contribution in [1.29, 1.82) is 0 Å². The van der Waals surface area contributed by atoms with Crippen molar-refractivity contribution in [2.75, 3.05) is 13.1 Å². The number of piperidine rings is 1. The van der Waals surface area contributed by atoms with Gasteiger partial charge in [0.1, 0.15) is 6.54 Å². The van der Waals surface area contributed by atoms with E-state index in [1.165, 1.54) is 0 Å². The fourth-order valence-corrected chi connectivity index (χ4v) is 2.17. The first-order chi connectivity index (χ1) is 8.56. The van der Waals surface area contributed by atoms with Gasteiger partial charge in [-0.3, -0.25) is 14.3 Å². The third-order valence-electron chi connectivity index (χ3n) is 3.27. The summed E-state index contributed by atoms with van der Waals surface area (Å²) in [6.07, 6.45) is 2.86. The Morgan fingerprint density at radius 2 is 2.11 bits per heavy atom. The van der Waals surface area contributed by atoms with E-state index in [9.17, 15) is 9.59 Å². The zero-order chi connectivity index (χ0) is 13.1. The first-order valence-corrected chi connectivity index (χ1v) is 6.07. The summed E-state index contributed by atoms with van der Waals surface area (Å²) in [4.78, 5) is 24.5. The normalized spacial score (nSPS) is 16.8. The molecule has 0 bridgehead atoms. The van der Waals surface area contributed by atoms with Crippen molar-refractivity contribution in [3.05, 3.63) is 18.0 Å². The largest absolute Gasteiger partial charge is 0.481 e. The molecule has 6 nitrogen and oxygen atoms in total. The van der Waals surface area contributed by atoms with E-state index in [1.54, 1.807) is 15.8 Å². The zero-order valence-corrected chi connectivity index (χ0v) is 10.4. The summed E-state index contributed by atoms with van der Waals surface area (Å²) in [7, 11) is 0. The van der Waals surface area contributed by atoms with Crippen LogP contribution in [-0.2, 0) is 16.1 Å². The van der Waals surface area contributed by atoms with Gasteiger partial charge in [0.25, 0.3) is 0 Å². The number of carbonyl (C=O) groups excluding carboxylic acids is 1. The number of aromatic nitrogens is 2. The molecular formula is C12H17N3O3. The number of aliphatic carboxylic acids is 1. The zero-order valence-electron chi connectivity index (χ0n) is 10.4. The minimum atomic E-state index is -0.759. The van der Waals surface area contributed by atoms with Gasteiger partial charge in [-0.05, 0) is 25.8 Å². The van der Waals surface area contributed by atoms with Crippen LogP contribution in [0.4, 0.5) is 0 Å². The van der Waals surface area contributed by atoms with Crippen LogP contribution in [0.1, 0.15) is 18.5 Å². The Bertz CT molecular complexity index is 447. The Morgan fingerprint density at radius 1 is 1.44 bits per heavy atom. The molecule has 0 aromatic carbocycles. The van der Waals surface area contributed by atoms with Crippen LogP contribution in [0.2, 0.25) is 0 Å². The van der Waals surface area contributed by atoms with Gasteiger partial charge in [-0.15, -0.1) is 0 Å². The van der Waals surface area contributed by atoms with Crippen molar-refractivity contribution in [1.82, 2.24) is 14.7 Å². The van der Waals surface area contributed by atoms with Crippen molar-refractivity contribution in [2.24, 2.45) is 5.92 Å². The smallest absolute Gasteiger partial charge is 0.306 e. The molecule has 0 saturated carbocycles. The average molecular weight is 251 g/mol. The Balaban J connectivity index is 1.86.